The van der Waals surface area contributed by atoms with E-state index in [4.69, 9.17) is 5.73 Å². The summed E-state index contributed by atoms with van der Waals surface area (Å²) in [6.45, 7) is 0.263. The largest absolute Gasteiger partial charge is 0.387 e. The Hall–Kier alpha value is -0.870. The van der Waals surface area contributed by atoms with Crippen molar-refractivity contribution in [2.24, 2.45) is 5.73 Å². The monoisotopic (exact) mass is 167 g/mol. The summed E-state index contributed by atoms with van der Waals surface area (Å²) < 4.78 is 0. The fourth-order valence-electron chi connectivity index (χ4n) is 1.40. The van der Waals surface area contributed by atoms with Gasteiger partial charge in [-0.15, -0.1) is 0 Å². The molecular weight excluding hydrogens is 154 g/mol. The Morgan fingerprint density at radius 2 is 2.50 bits per heavy atom. The van der Waals surface area contributed by atoms with Crippen molar-refractivity contribution in [3.8, 4) is 0 Å². The molecule has 0 bridgehead atoms. The molecule has 1 unspecified atom stereocenters. The number of aliphatic hydroxyl groups excluding tert-OH is 1. The number of aromatic nitrogens is 2. The Labute approximate surface area is 70.8 Å². The molecule has 0 aliphatic heterocycles. The van der Waals surface area contributed by atoms with Crippen molar-refractivity contribution in [3.63, 3.8) is 0 Å². The molecule has 1 saturated carbocycles. The van der Waals surface area contributed by atoms with Crippen LogP contribution in [0.3, 0.4) is 0 Å². The molecule has 4 heteroatoms. The molecule has 1 aromatic heterocycles. The van der Waals surface area contributed by atoms with Crippen LogP contribution in [0.1, 0.15) is 36.1 Å². The summed E-state index contributed by atoms with van der Waals surface area (Å²) in [6, 6.07) is 0. The minimum atomic E-state index is -0.556. The van der Waals surface area contributed by atoms with Crippen LogP contribution in [0.4, 0.5) is 0 Å². The first kappa shape index (κ1) is 7.76. The van der Waals surface area contributed by atoms with E-state index in [1.165, 1.54) is 12.8 Å². The standard InChI is InChI=1S/C8H13N3O/c9-3-7(12)6-4-10-11-8(6)5-1-2-5/h4-5,7,12H,1-3,9H2,(H,10,11). The highest BCUT2D eigenvalue weighted by molar-refractivity contribution is 5.26. The lowest BCUT2D eigenvalue weighted by molar-refractivity contribution is 0.185. The van der Waals surface area contributed by atoms with Gasteiger partial charge in [-0.2, -0.15) is 5.10 Å². The number of nitrogens with two attached hydrogens (primary N) is 1. The van der Waals surface area contributed by atoms with Gasteiger partial charge < -0.3 is 10.8 Å². The maximum Gasteiger partial charge on any atom is 0.0945 e. The van der Waals surface area contributed by atoms with Crippen LogP contribution in [-0.2, 0) is 0 Å². The van der Waals surface area contributed by atoms with E-state index in [1.54, 1.807) is 6.20 Å². The summed E-state index contributed by atoms with van der Waals surface area (Å²) in [6.07, 6.45) is 3.52. The van der Waals surface area contributed by atoms with E-state index in [0.717, 1.165) is 11.3 Å². The number of hydrogen-bond acceptors (Lipinski definition) is 3. The van der Waals surface area contributed by atoms with Crippen molar-refractivity contribution in [1.82, 2.24) is 10.2 Å². The molecule has 0 spiro atoms. The van der Waals surface area contributed by atoms with Gasteiger partial charge in [0.25, 0.3) is 0 Å². The van der Waals surface area contributed by atoms with Crippen molar-refractivity contribution in [3.05, 3.63) is 17.5 Å². The molecule has 0 amide bonds. The molecular formula is C8H13N3O. The SMILES string of the molecule is NCC(O)c1cn[nH]c1C1CC1. The van der Waals surface area contributed by atoms with Gasteiger partial charge in [0.2, 0.25) is 0 Å². The second kappa shape index (κ2) is 2.88. The highest BCUT2D eigenvalue weighted by Crippen LogP contribution is 2.41. The molecule has 1 fully saturated rings. The molecule has 1 aromatic rings. The van der Waals surface area contributed by atoms with Gasteiger partial charge in [0.05, 0.1) is 12.3 Å². The second-order valence-electron chi connectivity index (χ2n) is 3.26. The molecule has 0 aromatic carbocycles. The number of nitrogens with one attached hydrogen (secondary N) is 1. The second-order valence-corrected chi connectivity index (χ2v) is 3.26. The van der Waals surface area contributed by atoms with Gasteiger partial charge in [0.1, 0.15) is 0 Å². The summed E-state index contributed by atoms with van der Waals surface area (Å²) >= 11 is 0. The Bertz CT molecular complexity index is 267. The molecule has 1 atom stereocenters. The molecule has 0 saturated heterocycles. The van der Waals surface area contributed by atoms with Crippen molar-refractivity contribution >= 4 is 0 Å². The minimum Gasteiger partial charge on any atom is -0.387 e. The van der Waals surface area contributed by atoms with Crippen LogP contribution in [0.5, 0.6) is 0 Å². The molecule has 2 rings (SSSR count). The number of hydrogen-bond donors (Lipinski definition) is 3. The zero-order valence-electron chi connectivity index (χ0n) is 6.83. The Kier molecular flexibility index (Phi) is 1.86. The van der Waals surface area contributed by atoms with E-state index >= 15 is 0 Å². The third-order valence-corrected chi connectivity index (χ3v) is 2.27. The van der Waals surface area contributed by atoms with Crippen LogP contribution >= 0.6 is 0 Å². The third kappa shape index (κ3) is 1.23. The van der Waals surface area contributed by atoms with Crippen molar-refractivity contribution < 1.29 is 5.11 Å². The fourth-order valence-corrected chi connectivity index (χ4v) is 1.40. The third-order valence-electron chi connectivity index (χ3n) is 2.27. The van der Waals surface area contributed by atoms with Gasteiger partial charge in [0.15, 0.2) is 0 Å². The molecule has 4 nitrogen and oxygen atoms in total. The maximum absolute atomic E-state index is 9.49. The minimum absolute atomic E-state index is 0.263. The van der Waals surface area contributed by atoms with Crippen LogP contribution in [0.2, 0.25) is 0 Å². The molecule has 1 aliphatic carbocycles. The van der Waals surface area contributed by atoms with Crippen LogP contribution in [0.25, 0.3) is 0 Å². The zero-order chi connectivity index (χ0) is 8.55. The zero-order valence-corrected chi connectivity index (χ0v) is 6.83. The van der Waals surface area contributed by atoms with Gasteiger partial charge in [0, 0.05) is 23.7 Å². The van der Waals surface area contributed by atoms with Gasteiger partial charge in [-0.25, -0.2) is 0 Å². The van der Waals surface area contributed by atoms with Crippen LogP contribution in [-0.4, -0.2) is 21.8 Å². The summed E-state index contributed by atoms with van der Waals surface area (Å²) in [5.74, 6) is 0.587. The van der Waals surface area contributed by atoms with Gasteiger partial charge in [-0.3, -0.25) is 5.10 Å². The summed E-state index contributed by atoms with van der Waals surface area (Å²) in [5, 5.41) is 16.3. The molecule has 0 radical (unpaired) electrons. The average molecular weight is 167 g/mol. The van der Waals surface area contributed by atoms with Crippen LogP contribution in [0.15, 0.2) is 6.20 Å². The number of rotatable bonds is 3. The van der Waals surface area contributed by atoms with E-state index in [9.17, 15) is 5.11 Å². The normalized spacial score (nSPS) is 19.5. The number of aliphatic hydroxyl groups is 1. The molecule has 66 valence electrons. The van der Waals surface area contributed by atoms with E-state index in [2.05, 4.69) is 10.2 Å². The first-order valence-electron chi connectivity index (χ1n) is 4.24. The Morgan fingerprint density at radius 3 is 3.08 bits per heavy atom. The van der Waals surface area contributed by atoms with Crippen molar-refractivity contribution in [1.29, 1.82) is 0 Å². The molecule has 4 N–H and O–H groups in total. The molecule has 1 aliphatic rings. The smallest absolute Gasteiger partial charge is 0.0945 e. The summed E-state index contributed by atoms with van der Waals surface area (Å²) in [5.41, 5.74) is 7.31. The van der Waals surface area contributed by atoms with E-state index < -0.39 is 6.10 Å². The van der Waals surface area contributed by atoms with Crippen molar-refractivity contribution in [2.75, 3.05) is 6.54 Å². The number of nitrogens with zero attached hydrogens (tertiary/aromatic N) is 1. The lowest BCUT2D eigenvalue weighted by Crippen LogP contribution is -2.12. The average Bonchev–Trinajstić information content (AvgIpc) is 2.83. The summed E-state index contributed by atoms with van der Waals surface area (Å²) in [7, 11) is 0. The Morgan fingerprint density at radius 1 is 1.75 bits per heavy atom. The van der Waals surface area contributed by atoms with Gasteiger partial charge in [-0.1, -0.05) is 0 Å². The first-order valence-corrected chi connectivity index (χ1v) is 4.24. The van der Waals surface area contributed by atoms with E-state index in [1.807, 2.05) is 0 Å². The lowest BCUT2D eigenvalue weighted by Gasteiger charge is -2.06. The molecule has 12 heavy (non-hydrogen) atoms. The predicted molar refractivity (Wildman–Crippen MR) is 44.6 cm³/mol. The van der Waals surface area contributed by atoms with E-state index in [0.29, 0.717) is 5.92 Å². The van der Waals surface area contributed by atoms with Crippen LogP contribution < -0.4 is 5.73 Å². The molecule has 1 heterocycles. The van der Waals surface area contributed by atoms with Crippen LogP contribution in [0, 0.1) is 0 Å². The summed E-state index contributed by atoms with van der Waals surface area (Å²) in [4.78, 5) is 0. The van der Waals surface area contributed by atoms with E-state index in [-0.39, 0.29) is 6.54 Å². The lowest BCUT2D eigenvalue weighted by atomic mass is 10.1. The highest BCUT2D eigenvalue weighted by atomic mass is 16.3. The fraction of sp³-hybridized carbons (Fsp3) is 0.625. The maximum atomic E-state index is 9.49. The number of H-pyrrole nitrogens is 1. The topological polar surface area (TPSA) is 74.9 Å². The van der Waals surface area contributed by atoms with Gasteiger partial charge in [-0.05, 0) is 12.8 Å². The first-order chi connectivity index (χ1) is 5.83. The van der Waals surface area contributed by atoms with Gasteiger partial charge >= 0.3 is 0 Å². The van der Waals surface area contributed by atoms with Crippen molar-refractivity contribution in [2.45, 2.75) is 24.9 Å². The number of aromatic amines is 1. The quantitative estimate of drug-likeness (QED) is 0.605. The predicted octanol–water partition coefficient (Wildman–Crippen LogP) is 0.279. The Balaban J connectivity index is 2.23. The highest BCUT2D eigenvalue weighted by Gasteiger charge is 2.29.